The number of hydrogen-bond acceptors (Lipinski definition) is 3. The van der Waals surface area contributed by atoms with Crippen molar-refractivity contribution in [1.29, 1.82) is 0 Å². The van der Waals surface area contributed by atoms with Crippen molar-refractivity contribution in [3.8, 4) is 0 Å². The van der Waals surface area contributed by atoms with E-state index in [1.165, 1.54) is 7.11 Å². The van der Waals surface area contributed by atoms with Crippen molar-refractivity contribution in [1.82, 2.24) is 4.90 Å². The summed E-state index contributed by atoms with van der Waals surface area (Å²) >= 11 is 0. The summed E-state index contributed by atoms with van der Waals surface area (Å²) in [5.74, 6) is 0. The molecule has 0 saturated carbocycles. The molecule has 0 bridgehead atoms. The maximum absolute atomic E-state index is 13.9. The summed E-state index contributed by atoms with van der Waals surface area (Å²) in [6.45, 7) is 6.13. The van der Waals surface area contributed by atoms with Gasteiger partial charge in [-0.2, -0.15) is 0 Å². The highest BCUT2D eigenvalue weighted by Crippen LogP contribution is 2.35. The summed E-state index contributed by atoms with van der Waals surface area (Å²) in [5, 5.41) is 0. The predicted octanol–water partition coefficient (Wildman–Crippen LogP) is 3.64. The lowest BCUT2D eigenvalue weighted by atomic mass is 9.95. The van der Waals surface area contributed by atoms with E-state index in [1.54, 1.807) is 11.0 Å². The van der Waals surface area contributed by atoms with Crippen LogP contribution in [0, 0.1) is 0 Å². The van der Waals surface area contributed by atoms with Crippen LogP contribution in [0.1, 0.15) is 44.2 Å². The maximum Gasteiger partial charge on any atom is 0.410 e. The summed E-state index contributed by atoms with van der Waals surface area (Å²) in [6, 6.07) is 7.29. The van der Waals surface area contributed by atoms with Gasteiger partial charge in [0.25, 0.3) is 0 Å². The van der Waals surface area contributed by atoms with Crippen LogP contribution in [-0.4, -0.2) is 36.8 Å². The van der Waals surface area contributed by atoms with Crippen LogP contribution in [0.15, 0.2) is 24.3 Å². The first-order chi connectivity index (χ1) is 9.84. The van der Waals surface area contributed by atoms with E-state index in [0.29, 0.717) is 12.1 Å². The van der Waals surface area contributed by atoms with E-state index in [-0.39, 0.29) is 12.7 Å². The number of alkyl halides is 1. The number of methoxy groups -OCH3 is 1. The Hall–Kier alpha value is -1.62. The summed E-state index contributed by atoms with van der Waals surface area (Å²) in [4.78, 5) is 13.6. The smallest absolute Gasteiger partial charge is 0.410 e. The van der Waals surface area contributed by atoms with E-state index in [1.807, 2.05) is 39.0 Å². The number of hydrogen-bond donors (Lipinski definition) is 0. The largest absolute Gasteiger partial charge is 0.453 e. The molecule has 116 valence electrons. The SMILES string of the molecule is COC(=O)N(CC1OCC(F)c2ccccc21)C(C)(C)C. The van der Waals surface area contributed by atoms with Gasteiger partial charge in [0.1, 0.15) is 12.3 Å². The van der Waals surface area contributed by atoms with Gasteiger partial charge in [-0.1, -0.05) is 24.3 Å². The number of nitrogens with zero attached hydrogens (tertiary/aromatic N) is 1. The number of carbonyl (C=O) groups excluding carboxylic acids is 1. The van der Waals surface area contributed by atoms with Gasteiger partial charge in [0.15, 0.2) is 0 Å². The van der Waals surface area contributed by atoms with Crippen molar-refractivity contribution < 1.29 is 18.7 Å². The molecular formula is C16H22FNO3. The third-order valence-electron chi connectivity index (χ3n) is 3.68. The topological polar surface area (TPSA) is 38.8 Å². The molecule has 2 rings (SSSR count). The van der Waals surface area contributed by atoms with Crippen LogP contribution in [-0.2, 0) is 9.47 Å². The fourth-order valence-corrected chi connectivity index (χ4v) is 2.52. The first-order valence-corrected chi connectivity index (χ1v) is 7.04. The number of amides is 1. The van der Waals surface area contributed by atoms with E-state index < -0.39 is 17.8 Å². The number of fused-ring (bicyclic) bond motifs is 1. The highest BCUT2D eigenvalue weighted by atomic mass is 19.1. The van der Waals surface area contributed by atoms with Gasteiger partial charge in [-0.15, -0.1) is 0 Å². The van der Waals surface area contributed by atoms with Gasteiger partial charge in [-0.25, -0.2) is 9.18 Å². The molecule has 0 radical (unpaired) electrons. The lowest BCUT2D eigenvalue weighted by Gasteiger charge is -2.38. The van der Waals surface area contributed by atoms with Crippen molar-refractivity contribution in [3.05, 3.63) is 35.4 Å². The predicted molar refractivity (Wildman–Crippen MR) is 77.8 cm³/mol. The molecule has 0 saturated heterocycles. The molecular weight excluding hydrogens is 273 g/mol. The Balaban J connectivity index is 2.26. The molecule has 1 amide bonds. The summed E-state index contributed by atoms with van der Waals surface area (Å²) < 4.78 is 24.4. The Morgan fingerprint density at radius 1 is 1.38 bits per heavy atom. The Kier molecular flexibility index (Phi) is 4.52. The van der Waals surface area contributed by atoms with Crippen LogP contribution in [0.3, 0.4) is 0 Å². The Morgan fingerprint density at radius 3 is 2.57 bits per heavy atom. The van der Waals surface area contributed by atoms with E-state index in [0.717, 1.165) is 5.56 Å². The summed E-state index contributed by atoms with van der Waals surface area (Å²) in [5.41, 5.74) is 1.04. The molecule has 4 nitrogen and oxygen atoms in total. The lowest BCUT2D eigenvalue weighted by molar-refractivity contribution is -0.0302. The van der Waals surface area contributed by atoms with Gasteiger partial charge in [0, 0.05) is 5.54 Å². The molecule has 0 N–H and O–H groups in total. The highest BCUT2D eigenvalue weighted by Gasteiger charge is 2.34. The lowest BCUT2D eigenvalue weighted by Crippen LogP contribution is -2.48. The van der Waals surface area contributed by atoms with Crippen molar-refractivity contribution in [2.45, 2.75) is 38.6 Å². The minimum absolute atomic E-state index is 0.0147. The Morgan fingerprint density at radius 2 is 2.00 bits per heavy atom. The summed E-state index contributed by atoms with van der Waals surface area (Å²) in [6.07, 6.45) is -1.86. The van der Waals surface area contributed by atoms with Gasteiger partial charge in [-0.3, -0.25) is 0 Å². The van der Waals surface area contributed by atoms with Gasteiger partial charge in [0.2, 0.25) is 0 Å². The van der Waals surface area contributed by atoms with Gasteiger partial charge in [-0.05, 0) is 31.9 Å². The second-order valence-electron chi connectivity index (χ2n) is 6.17. The zero-order valence-electron chi connectivity index (χ0n) is 12.9. The molecule has 21 heavy (non-hydrogen) atoms. The van der Waals surface area contributed by atoms with Crippen molar-refractivity contribution in [2.75, 3.05) is 20.3 Å². The van der Waals surface area contributed by atoms with Crippen LogP contribution in [0.2, 0.25) is 0 Å². The van der Waals surface area contributed by atoms with E-state index in [9.17, 15) is 9.18 Å². The molecule has 1 aromatic carbocycles. The quantitative estimate of drug-likeness (QED) is 0.836. The van der Waals surface area contributed by atoms with Crippen LogP contribution in [0.4, 0.5) is 9.18 Å². The highest BCUT2D eigenvalue weighted by molar-refractivity contribution is 5.68. The van der Waals surface area contributed by atoms with Crippen LogP contribution in [0.5, 0.6) is 0 Å². The van der Waals surface area contributed by atoms with Crippen molar-refractivity contribution in [2.24, 2.45) is 0 Å². The monoisotopic (exact) mass is 295 g/mol. The molecule has 0 spiro atoms. The van der Waals surface area contributed by atoms with E-state index in [2.05, 4.69) is 0 Å². The number of ether oxygens (including phenoxy) is 2. The molecule has 1 aliphatic rings. The van der Waals surface area contributed by atoms with E-state index >= 15 is 0 Å². The molecule has 1 aliphatic heterocycles. The zero-order valence-corrected chi connectivity index (χ0v) is 12.9. The number of benzene rings is 1. The maximum atomic E-state index is 13.9. The normalized spacial score (nSPS) is 21.6. The van der Waals surface area contributed by atoms with Crippen molar-refractivity contribution in [3.63, 3.8) is 0 Å². The molecule has 1 aromatic rings. The van der Waals surface area contributed by atoms with Crippen molar-refractivity contribution >= 4 is 6.09 Å². The molecule has 5 heteroatoms. The second kappa shape index (κ2) is 6.02. The first-order valence-electron chi connectivity index (χ1n) is 7.04. The molecule has 2 atom stereocenters. The molecule has 0 aromatic heterocycles. The molecule has 2 unspecified atom stereocenters. The second-order valence-corrected chi connectivity index (χ2v) is 6.17. The van der Waals surface area contributed by atoms with Gasteiger partial charge < -0.3 is 14.4 Å². The zero-order chi connectivity index (χ0) is 15.6. The fraction of sp³-hybridized carbons (Fsp3) is 0.562. The van der Waals surface area contributed by atoms with E-state index in [4.69, 9.17) is 9.47 Å². The minimum Gasteiger partial charge on any atom is -0.453 e. The first kappa shape index (κ1) is 15.8. The molecule has 0 aliphatic carbocycles. The number of halogens is 1. The van der Waals surface area contributed by atoms with Crippen LogP contribution in [0.25, 0.3) is 0 Å². The number of carbonyl (C=O) groups is 1. The standard InChI is InChI=1S/C16H22FNO3/c1-16(2,3)18(15(19)20-4)9-14-12-8-6-5-7-11(12)13(17)10-21-14/h5-8,13-14H,9-10H2,1-4H3. The molecule has 1 heterocycles. The minimum atomic E-state index is -1.11. The summed E-state index contributed by atoms with van der Waals surface area (Å²) in [7, 11) is 1.36. The van der Waals surface area contributed by atoms with Crippen LogP contribution < -0.4 is 0 Å². The Labute approximate surface area is 124 Å². The number of rotatable bonds is 2. The van der Waals surface area contributed by atoms with Gasteiger partial charge in [0.05, 0.1) is 20.3 Å². The average Bonchev–Trinajstić information content (AvgIpc) is 2.45. The third kappa shape index (κ3) is 3.35. The third-order valence-corrected chi connectivity index (χ3v) is 3.68. The average molecular weight is 295 g/mol. The fourth-order valence-electron chi connectivity index (χ4n) is 2.52. The Bertz CT molecular complexity index is 512. The van der Waals surface area contributed by atoms with Gasteiger partial charge >= 0.3 is 6.09 Å². The molecule has 0 fully saturated rings. The van der Waals surface area contributed by atoms with Crippen LogP contribution >= 0.6 is 0 Å².